The SMILES string of the molecule is CCOc1ccc2c(c1)Sc1[nH]c(=O)n(C)c(=O)c1N2. The molecule has 20 heavy (non-hydrogen) atoms. The normalized spacial score (nSPS) is 12.3. The third kappa shape index (κ3) is 2.00. The smallest absolute Gasteiger partial charge is 0.329 e. The number of ether oxygens (including phenoxy) is 1. The van der Waals surface area contributed by atoms with Crippen molar-refractivity contribution in [2.75, 3.05) is 11.9 Å². The molecule has 6 nitrogen and oxygen atoms in total. The first-order valence-corrected chi connectivity index (χ1v) is 6.97. The Morgan fingerprint density at radius 3 is 2.90 bits per heavy atom. The fraction of sp³-hybridized carbons (Fsp3) is 0.231. The lowest BCUT2D eigenvalue weighted by Crippen LogP contribution is -2.35. The van der Waals surface area contributed by atoms with Gasteiger partial charge in [-0.2, -0.15) is 0 Å². The zero-order valence-electron chi connectivity index (χ0n) is 11.0. The monoisotopic (exact) mass is 291 g/mol. The van der Waals surface area contributed by atoms with Crippen LogP contribution >= 0.6 is 11.8 Å². The molecular formula is C13H13N3O3S. The fourth-order valence-corrected chi connectivity index (χ4v) is 2.98. The second kappa shape index (κ2) is 4.75. The van der Waals surface area contributed by atoms with Gasteiger partial charge >= 0.3 is 5.69 Å². The van der Waals surface area contributed by atoms with Gasteiger partial charge in [0.05, 0.1) is 12.3 Å². The van der Waals surface area contributed by atoms with E-state index in [1.165, 1.54) is 18.8 Å². The minimum atomic E-state index is -0.424. The van der Waals surface area contributed by atoms with Crippen LogP contribution in [-0.4, -0.2) is 16.2 Å². The summed E-state index contributed by atoms with van der Waals surface area (Å²) in [6, 6.07) is 5.59. The molecule has 2 aromatic rings. The van der Waals surface area contributed by atoms with Crippen LogP contribution < -0.4 is 21.3 Å². The van der Waals surface area contributed by atoms with Crippen LogP contribution in [0.1, 0.15) is 6.92 Å². The molecule has 0 bridgehead atoms. The Morgan fingerprint density at radius 1 is 1.35 bits per heavy atom. The van der Waals surface area contributed by atoms with Gasteiger partial charge in [0.15, 0.2) is 0 Å². The second-order valence-corrected chi connectivity index (χ2v) is 5.37. The number of aromatic nitrogens is 2. The van der Waals surface area contributed by atoms with Crippen molar-refractivity contribution in [2.24, 2.45) is 7.05 Å². The van der Waals surface area contributed by atoms with Crippen molar-refractivity contribution in [1.29, 1.82) is 0 Å². The summed E-state index contributed by atoms with van der Waals surface area (Å²) in [5.41, 5.74) is 0.465. The largest absolute Gasteiger partial charge is 0.494 e. The van der Waals surface area contributed by atoms with Crippen molar-refractivity contribution in [3.63, 3.8) is 0 Å². The molecule has 1 aromatic carbocycles. The van der Waals surface area contributed by atoms with Crippen LogP contribution in [0.3, 0.4) is 0 Å². The van der Waals surface area contributed by atoms with E-state index in [0.717, 1.165) is 20.9 Å². The van der Waals surface area contributed by atoms with Crippen LogP contribution in [0.5, 0.6) is 5.75 Å². The van der Waals surface area contributed by atoms with Gasteiger partial charge in [0.2, 0.25) is 0 Å². The molecule has 0 spiro atoms. The summed E-state index contributed by atoms with van der Waals surface area (Å²) in [7, 11) is 1.45. The zero-order valence-corrected chi connectivity index (χ0v) is 11.8. The number of rotatable bonds is 2. The van der Waals surface area contributed by atoms with E-state index in [1.54, 1.807) is 0 Å². The maximum atomic E-state index is 12.1. The molecule has 0 fully saturated rings. The van der Waals surface area contributed by atoms with Crippen LogP contribution in [0.4, 0.5) is 11.4 Å². The van der Waals surface area contributed by atoms with Crippen LogP contribution in [0, 0.1) is 0 Å². The van der Waals surface area contributed by atoms with E-state index >= 15 is 0 Å². The molecule has 0 aliphatic carbocycles. The summed E-state index contributed by atoms with van der Waals surface area (Å²) >= 11 is 1.35. The minimum Gasteiger partial charge on any atom is -0.494 e. The number of benzene rings is 1. The van der Waals surface area contributed by atoms with Gasteiger partial charge in [-0.25, -0.2) is 4.79 Å². The first-order chi connectivity index (χ1) is 9.60. The molecular weight excluding hydrogens is 278 g/mol. The fourth-order valence-electron chi connectivity index (χ4n) is 1.98. The predicted octanol–water partition coefficient (Wildman–Crippen LogP) is 1.68. The number of hydrogen-bond donors (Lipinski definition) is 2. The van der Waals surface area contributed by atoms with E-state index in [1.807, 2.05) is 25.1 Å². The van der Waals surface area contributed by atoms with Crippen LogP contribution in [0.15, 0.2) is 37.7 Å². The molecule has 1 aliphatic heterocycles. The number of H-pyrrole nitrogens is 1. The van der Waals surface area contributed by atoms with Gasteiger partial charge in [0.25, 0.3) is 5.56 Å². The molecule has 3 rings (SSSR count). The Hall–Kier alpha value is -2.15. The molecule has 7 heteroatoms. The minimum absolute atomic E-state index is 0.337. The van der Waals surface area contributed by atoms with Crippen molar-refractivity contribution < 1.29 is 4.74 Å². The van der Waals surface area contributed by atoms with Gasteiger partial charge in [-0.05, 0) is 25.1 Å². The van der Waals surface area contributed by atoms with E-state index in [2.05, 4.69) is 10.3 Å². The quantitative estimate of drug-likeness (QED) is 0.703. The predicted molar refractivity (Wildman–Crippen MR) is 77.3 cm³/mol. The first-order valence-electron chi connectivity index (χ1n) is 6.15. The van der Waals surface area contributed by atoms with Gasteiger partial charge in [0.1, 0.15) is 16.5 Å². The molecule has 2 N–H and O–H groups in total. The standard InChI is InChI=1S/C13H13N3O3S/c1-3-19-7-4-5-8-9(6-7)20-11-10(14-8)12(17)16(2)13(18)15-11/h4-6,14H,3H2,1-2H3,(H,15,18). The van der Waals surface area contributed by atoms with Crippen molar-refractivity contribution in [3.8, 4) is 5.75 Å². The number of nitrogens with zero attached hydrogens (tertiary/aromatic N) is 1. The van der Waals surface area contributed by atoms with Crippen molar-refractivity contribution in [1.82, 2.24) is 9.55 Å². The molecule has 2 heterocycles. The molecule has 0 radical (unpaired) electrons. The highest BCUT2D eigenvalue weighted by molar-refractivity contribution is 7.99. The van der Waals surface area contributed by atoms with Crippen LogP contribution in [0.25, 0.3) is 0 Å². The summed E-state index contributed by atoms with van der Waals surface area (Å²) in [6.45, 7) is 2.51. The van der Waals surface area contributed by atoms with Crippen molar-refractivity contribution in [2.45, 2.75) is 16.8 Å². The summed E-state index contributed by atoms with van der Waals surface area (Å²) in [5, 5.41) is 3.59. The summed E-state index contributed by atoms with van der Waals surface area (Å²) in [4.78, 5) is 27.3. The number of nitrogens with one attached hydrogen (secondary N) is 2. The topological polar surface area (TPSA) is 76.1 Å². The lowest BCUT2D eigenvalue weighted by Gasteiger charge is -2.20. The van der Waals surface area contributed by atoms with Gasteiger partial charge in [-0.3, -0.25) is 14.3 Å². The van der Waals surface area contributed by atoms with E-state index < -0.39 is 5.69 Å². The lowest BCUT2D eigenvalue weighted by atomic mass is 10.3. The van der Waals surface area contributed by atoms with Crippen molar-refractivity contribution in [3.05, 3.63) is 39.0 Å². The van der Waals surface area contributed by atoms with Crippen LogP contribution in [0.2, 0.25) is 0 Å². The molecule has 104 valence electrons. The van der Waals surface area contributed by atoms with E-state index in [4.69, 9.17) is 4.74 Å². The number of fused-ring (bicyclic) bond motifs is 2. The Bertz CT molecular complexity index is 794. The highest BCUT2D eigenvalue weighted by atomic mass is 32.2. The Balaban J connectivity index is 2.09. The first kappa shape index (κ1) is 12.9. The Kier molecular flexibility index (Phi) is 3.06. The van der Waals surface area contributed by atoms with E-state index in [9.17, 15) is 9.59 Å². The third-order valence-electron chi connectivity index (χ3n) is 3.01. The van der Waals surface area contributed by atoms with Crippen LogP contribution in [-0.2, 0) is 7.05 Å². The Labute approximate surface area is 118 Å². The molecule has 0 amide bonds. The number of hydrogen-bond acceptors (Lipinski definition) is 5. The maximum absolute atomic E-state index is 12.1. The van der Waals surface area contributed by atoms with Crippen molar-refractivity contribution >= 4 is 23.1 Å². The van der Waals surface area contributed by atoms with Gasteiger partial charge in [0, 0.05) is 11.9 Å². The molecule has 0 saturated carbocycles. The molecule has 1 aliphatic rings. The van der Waals surface area contributed by atoms with E-state index in [0.29, 0.717) is 17.3 Å². The molecule has 0 saturated heterocycles. The molecule has 1 aromatic heterocycles. The van der Waals surface area contributed by atoms with Gasteiger partial charge in [-0.1, -0.05) is 11.8 Å². The van der Waals surface area contributed by atoms with Gasteiger partial charge < -0.3 is 10.1 Å². The molecule has 0 atom stereocenters. The Morgan fingerprint density at radius 2 is 2.15 bits per heavy atom. The summed E-state index contributed by atoms with van der Waals surface area (Å²) in [6.07, 6.45) is 0. The molecule has 0 unspecified atom stereocenters. The second-order valence-electron chi connectivity index (χ2n) is 4.32. The average Bonchev–Trinajstić information content (AvgIpc) is 2.44. The highest BCUT2D eigenvalue weighted by Crippen LogP contribution is 2.42. The third-order valence-corrected chi connectivity index (χ3v) is 4.07. The number of aromatic amines is 1. The maximum Gasteiger partial charge on any atom is 0.329 e. The average molecular weight is 291 g/mol. The lowest BCUT2D eigenvalue weighted by molar-refractivity contribution is 0.339. The summed E-state index contributed by atoms with van der Waals surface area (Å²) in [5.74, 6) is 0.759. The number of anilines is 2. The highest BCUT2D eigenvalue weighted by Gasteiger charge is 2.21. The van der Waals surface area contributed by atoms with E-state index in [-0.39, 0.29) is 5.56 Å². The summed E-state index contributed by atoms with van der Waals surface area (Å²) < 4.78 is 6.50. The zero-order chi connectivity index (χ0) is 14.3. The van der Waals surface area contributed by atoms with Gasteiger partial charge in [-0.15, -0.1) is 0 Å².